The van der Waals surface area contributed by atoms with Crippen molar-refractivity contribution in [3.8, 4) is 5.75 Å². The van der Waals surface area contributed by atoms with Gasteiger partial charge < -0.3 is 10.1 Å². The Labute approximate surface area is 224 Å². The van der Waals surface area contributed by atoms with E-state index in [0.29, 0.717) is 32.1 Å². The van der Waals surface area contributed by atoms with Crippen LogP contribution in [0.15, 0.2) is 70.7 Å². The van der Waals surface area contributed by atoms with Crippen molar-refractivity contribution < 1.29 is 28.3 Å². The lowest BCUT2D eigenvalue weighted by atomic mass is 10.1. The number of hydrogen-bond acceptors (Lipinski definition) is 5. The standard InChI is InChI=1S/C26H18BrClFN3O5/c1-14-20(28)3-2-4-21(14)32-25(35)18(24(34)31-26(32)36)11-15-5-10-22(19(27)12-15)37-13-23(33)30-17-8-6-16(29)7-9-17/h2-12H,13H2,1H3,(H,30,33)(H,31,34,36)/b18-11-. The van der Waals surface area contributed by atoms with Gasteiger partial charge in [-0.25, -0.2) is 14.1 Å². The third-order valence-electron chi connectivity index (χ3n) is 5.34. The van der Waals surface area contributed by atoms with E-state index in [4.69, 9.17) is 16.3 Å². The Morgan fingerprint density at radius 2 is 1.86 bits per heavy atom. The van der Waals surface area contributed by atoms with Gasteiger partial charge in [0.15, 0.2) is 6.61 Å². The van der Waals surface area contributed by atoms with E-state index in [0.717, 1.165) is 4.90 Å². The lowest BCUT2D eigenvalue weighted by Gasteiger charge is -2.27. The molecule has 11 heteroatoms. The lowest BCUT2D eigenvalue weighted by Crippen LogP contribution is -2.54. The minimum Gasteiger partial charge on any atom is -0.483 e. The molecule has 3 aromatic carbocycles. The number of anilines is 2. The minimum atomic E-state index is -0.874. The maximum Gasteiger partial charge on any atom is 0.335 e. The van der Waals surface area contributed by atoms with E-state index < -0.39 is 29.6 Å². The van der Waals surface area contributed by atoms with E-state index in [1.807, 2.05) is 0 Å². The highest BCUT2D eigenvalue weighted by molar-refractivity contribution is 9.10. The predicted molar refractivity (Wildman–Crippen MR) is 140 cm³/mol. The van der Waals surface area contributed by atoms with Crippen LogP contribution in [0.25, 0.3) is 6.08 Å². The molecule has 188 valence electrons. The smallest absolute Gasteiger partial charge is 0.335 e. The number of nitrogens with one attached hydrogen (secondary N) is 2. The maximum atomic E-state index is 13.1. The van der Waals surface area contributed by atoms with Gasteiger partial charge >= 0.3 is 6.03 Å². The topological polar surface area (TPSA) is 105 Å². The fourth-order valence-electron chi connectivity index (χ4n) is 3.48. The van der Waals surface area contributed by atoms with Crippen LogP contribution in [-0.4, -0.2) is 30.4 Å². The normalized spacial score (nSPS) is 14.5. The Balaban J connectivity index is 1.49. The van der Waals surface area contributed by atoms with Crippen molar-refractivity contribution in [2.75, 3.05) is 16.8 Å². The zero-order valence-corrected chi connectivity index (χ0v) is 21.5. The third-order valence-corrected chi connectivity index (χ3v) is 6.36. The van der Waals surface area contributed by atoms with Crippen molar-refractivity contribution in [2.45, 2.75) is 6.92 Å². The summed E-state index contributed by atoms with van der Waals surface area (Å²) in [6, 6.07) is 13.9. The predicted octanol–water partition coefficient (Wildman–Crippen LogP) is 5.23. The van der Waals surface area contributed by atoms with Gasteiger partial charge in [0.1, 0.15) is 17.1 Å². The summed E-state index contributed by atoms with van der Waals surface area (Å²) in [4.78, 5) is 51.1. The number of imide groups is 2. The quantitative estimate of drug-likeness (QED) is 0.304. The first-order valence-corrected chi connectivity index (χ1v) is 12.0. The molecule has 2 N–H and O–H groups in total. The number of halogens is 3. The second-order valence-corrected chi connectivity index (χ2v) is 9.14. The van der Waals surface area contributed by atoms with Crippen molar-refractivity contribution in [3.05, 3.63) is 92.7 Å². The molecular weight excluding hydrogens is 569 g/mol. The molecule has 0 aromatic heterocycles. The Bertz CT molecular complexity index is 1460. The maximum absolute atomic E-state index is 13.1. The molecule has 1 heterocycles. The summed E-state index contributed by atoms with van der Waals surface area (Å²) in [7, 11) is 0. The molecule has 8 nitrogen and oxygen atoms in total. The fourth-order valence-corrected chi connectivity index (χ4v) is 4.16. The second kappa shape index (κ2) is 10.9. The van der Waals surface area contributed by atoms with Crippen LogP contribution in [0.2, 0.25) is 5.02 Å². The van der Waals surface area contributed by atoms with Crippen LogP contribution in [0.4, 0.5) is 20.6 Å². The Morgan fingerprint density at radius 1 is 1.14 bits per heavy atom. The molecule has 0 aliphatic carbocycles. The molecular formula is C26H18BrClFN3O5. The van der Waals surface area contributed by atoms with Gasteiger partial charge in [-0.05, 0) is 88.6 Å². The molecule has 0 unspecified atom stereocenters. The van der Waals surface area contributed by atoms with E-state index in [1.54, 1.807) is 43.3 Å². The summed E-state index contributed by atoms with van der Waals surface area (Å²) in [5, 5.41) is 5.12. The molecule has 1 aliphatic rings. The first-order valence-electron chi connectivity index (χ1n) is 10.8. The summed E-state index contributed by atoms with van der Waals surface area (Å²) in [5.74, 6) is -2.16. The number of amides is 5. The van der Waals surface area contributed by atoms with Crippen molar-refractivity contribution in [2.24, 2.45) is 0 Å². The molecule has 0 atom stereocenters. The molecule has 1 fully saturated rings. The number of rotatable bonds is 6. The van der Waals surface area contributed by atoms with Crippen LogP contribution >= 0.6 is 27.5 Å². The molecule has 1 saturated heterocycles. The van der Waals surface area contributed by atoms with Crippen molar-refractivity contribution in [1.82, 2.24) is 5.32 Å². The number of nitrogens with zero attached hydrogens (tertiary/aromatic N) is 1. The number of carbonyl (C=O) groups is 4. The van der Waals surface area contributed by atoms with Crippen LogP contribution in [0.5, 0.6) is 5.75 Å². The number of ether oxygens (including phenoxy) is 1. The largest absolute Gasteiger partial charge is 0.483 e. The number of benzene rings is 3. The average Bonchev–Trinajstić information content (AvgIpc) is 2.85. The summed E-state index contributed by atoms with van der Waals surface area (Å²) in [5.41, 5.74) is 1.40. The second-order valence-electron chi connectivity index (χ2n) is 7.88. The summed E-state index contributed by atoms with van der Waals surface area (Å²) in [6.45, 7) is 1.35. The van der Waals surface area contributed by atoms with Crippen LogP contribution in [0.3, 0.4) is 0 Å². The van der Waals surface area contributed by atoms with E-state index >= 15 is 0 Å². The minimum absolute atomic E-state index is 0.252. The van der Waals surface area contributed by atoms with Gasteiger partial charge in [0.25, 0.3) is 17.7 Å². The van der Waals surface area contributed by atoms with Crippen molar-refractivity contribution >= 4 is 68.7 Å². The van der Waals surface area contributed by atoms with Crippen LogP contribution in [0, 0.1) is 12.7 Å². The van der Waals surface area contributed by atoms with E-state index in [1.165, 1.54) is 30.3 Å². The van der Waals surface area contributed by atoms with Crippen LogP contribution < -0.4 is 20.3 Å². The summed E-state index contributed by atoms with van der Waals surface area (Å²) < 4.78 is 19.0. The van der Waals surface area contributed by atoms with Gasteiger partial charge in [-0.3, -0.25) is 19.7 Å². The molecule has 0 spiro atoms. The Hall–Kier alpha value is -4.02. The molecule has 37 heavy (non-hydrogen) atoms. The van der Waals surface area contributed by atoms with Gasteiger partial charge in [0.2, 0.25) is 0 Å². The lowest BCUT2D eigenvalue weighted by molar-refractivity contribution is -0.122. The highest BCUT2D eigenvalue weighted by Gasteiger charge is 2.37. The first kappa shape index (κ1) is 26.1. The van der Waals surface area contributed by atoms with Crippen molar-refractivity contribution in [3.63, 3.8) is 0 Å². The van der Waals surface area contributed by atoms with E-state index in [2.05, 4.69) is 26.6 Å². The number of hydrogen-bond donors (Lipinski definition) is 2. The molecule has 1 aliphatic heterocycles. The molecule has 4 rings (SSSR count). The highest BCUT2D eigenvalue weighted by atomic mass is 79.9. The van der Waals surface area contributed by atoms with Gasteiger partial charge in [0, 0.05) is 10.7 Å². The van der Waals surface area contributed by atoms with Gasteiger partial charge in [-0.15, -0.1) is 0 Å². The monoisotopic (exact) mass is 585 g/mol. The van der Waals surface area contributed by atoms with Crippen molar-refractivity contribution in [1.29, 1.82) is 0 Å². The average molecular weight is 587 g/mol. The van der Waals surface area contributed by atoms with Gasteiger partial charge in [-0.2, -0.15) is 0 Å². The zero-order valence-electron chi connectivity index (χ0n) is 19.2. The molecule has 0 bridgehead atoms. The van der Waals surface area contributed by atoms with Gasteiger partial charge in [0.05, 0.1) is 10.2 Å². The molecule has 3 aromatic rings. The fraction of sp³-hybridized carbons (Fsp3) is 0.0769. The Morgan fingerprint density at radius 3 is 2.57 bits per heavy atom. The number of carbonyl (C=O) groups excluding carboxylic acids is 4. The summed E-state index contributed by atoms with van der Waals surface area (Å²) in [6.07, 6.45) is 1.34. The highest BCUT2D eigenvalue weighted by Crippen LogP contribution is 2.31. The van der Waals surface area contributed by atoms with Crippen LogP contribution in [-0.2, 0) is 14.4 Å². The first-order chi connectivity index (χ1) is 17.6. The SMILES string of the molecule is Cc1c(Cl)cccc1N1C(=O)NC(=O)/C(=C/c2ccc(OCC(=O)Nc3ccc(F)cc3)c(Br)c2)C1=O. The molecule has 0 saturated carbocycles. The van der Waals surface area contributed by atoms with Gasteiger partial charge in [-0.1, -0.05) is 23.7 Å². The third kappa shape index (κ3) is 5.87. The van der Waals surface area contributed by atoms with E-state index in [-0.39, 0.29) is 17.9 Å². The van der Waals surface area contributed by atoms with E-state index in [9.17, 15) is 23.6 Å². The molecule has 5 amide bonds. The Kier molecular flexibility index (Phi) is 7.70. The van der Waals surface area contributed by atoms with Crippen LogP contribution in [0.1, 0.15) is 11.1 Å². The number of urea groups is 1. The number of barbiturate groups is 1. The summed E-state index contributed by atoms with van der Waals surface area (Å²) >= 11 is 9.49. The molecule has 0 radical (unpaired) electrons. The zero-order chi connectivity index (χ0) is 26.7.